The van der Waals surface area contributed by atoms with Gasteiger partial charge < -0.3 is 5.73 Å². The fourth-order valence-corrected chi connectivity index (χ4v) is 5.94. The van der Waals surface area contributed by atoms with E-state index in [9.17, 15) is 9.59 Å². The number of ketones is 1. The standard InChI is InChI=1S/C23H20N2O2S2/c1-14-19(13-20(24)26)28-23(25-14)29-22(16-8-3-2-4-9-16)21(27)18-12-11-15-7-5-6-10-17(15)18/h2-10,12,22H,11,13H2,1H3,(H2,24,26). The molecule has 2 N–H and O–H groups in total. The van der Waals surface area contributed by atoms with Gasteiger partial charge in [0.1, 0.15) is 0 Å². The number of thiazole rings is 1. The Morgan fingerprint density at radius 1 is 1.14 bits per heavy atom. The highest BCUT2D eigenvalue weighted by molar-refractivity contribution is 8.02. The van der Waals surface area contributed by atoms with Gasteiger partial charge in [0.05, 0.1) is 17.4 Å². The summed E-state index contributed by atoms with van der Waals surface area (Å²) in [4.78, 5) is 30.3. The largest absolute Gasteiger partial charge is 0.369 e. The van der Waals surface area contributed by atoms with Crippen LogP contribution in [0.25, 0.3) is 5.57 Å². The Balaban J connectivity index is 1.67. The molecule has 6 heteroatoms. The van der Waals surface area contributed by atoms with E-state index in [1.54, 1.807) is 0 Å². The van der Waals surface area contributed by atoms with Gasteiger partial charge in [0.15, 0.2) is 10.1 Å². The molecule has 4 nitrogen and oxygen atoms in total. The predicted molar refractivity (Wildman–Crippen MR) is 118 cm³/mol. The second kappa shape index (κ2) is 8.35. The summed E-state index contributed by atoms with van der Waals surface area (Å²) in [6.07, 6.45) is 2.98. The summed E-state index contributed by atoms with van der Waals surface area (Å²) in [5, 5.41) is -0.402. The third-order valence-electron chi connectivity index (χ3n) is 4.87. The second-order valence-electron chi connectivity index (χ2n) is 6.88. The minimum atomic E-state index is -0.402. The number of nitrogens with two attached hydrogens (primary N) is 1. The molecule has 0 bridgehead atoms. The van der Waals surface area contributed by atoms with Crippen molar-refractivity contribution in [2.24, 2.45) is 5.73 Å². The van der Waals surface area contributed by atoms with Crippen LogP contribution in [-0.4, -0.2) is 16.7 Å². The Morgan fingerprint density at radius 2 is 1.86 bits per heavy atom. The summed E-state index contributed by atoms with van der Waals surface area (Å²) in [6.45, 7) is 1.87. The summed E-state index contributed by atoms with van der Waals surface area (Å²) >= 11 is 2.87. The van der Waals surface area contributed by atoms with Gasteiger partial charge in [-0.1, -0.05) is 72.4 Å². The van der Waals surface area contributed by atoms with Crippen molar-refractivity contribution in [2.75, 3.05) is 0 Å². The zero-order valence-electron chi connectivity index (χ0n) is 15.9. The smallest absolute Gasteiger partial charge is 0.222 e. The molecule has 29 heavy (non-hydrogen) atoms. The number of aryl methyl sites for hydroxylation is 1. The molecular formula is C23H20N2O2S2. The highest BCUT2D eigenvalue weighted by atomic mass is 32.2. The van der Waals surface area contributed by atoms with Crippen LogP contribution in [0, 0.1) is 6.92 Å². The third kappa shape index (κ3) is 4.18. The van der Waals surface area contributed by atoms with Crippen LogP contribution in [-0.2, 0) is 22.4 Å². The van der Waals surface area contributed by atoms with Gasteiger partial charge in [-0.05, 0) is 30.0 Å². The molecular weight excluding hydrogens is 400 g/mol. The molecule has 0 radical (unpaired) electrons. The van der Waals surface area contributed by atoms with Gasteiger partial charge in [-0.3, -0.25) is 9.59 Å². The van der Waals surface area contributed by atoms with E-state index in [1.165, 1.54) is 28.7 Å². The number of fused-ring (bicyclic) bond motifs is 1. The van der Waals surface area contributed by atoms with Crippen molar-refractivity contribution < 1.29 is 9.59 Å². The van der Waals surface area contributed by atoms with Gasteiger partial charge in [-0.15, -0.1) is 11.3 Å². The lowest BCUT2D eigenvalue weighted by molar-refractivity contribution is -0.117. The van der Waals surface area contributed by atoms with Gasteiger partial charge in [-0.25, -0.2) is 4.98 Å². The number of amides is 1. The number of hydrogen-bond donors (Lipinski definition) is 1. The predicted octanol–water partition coefficient (Wildman–Crippen LogP) is 4.52. The van der Waals surface area contributed by atoms with Crippen LogP contribution in [0.3, 0.4) is 0 Å². The number of thioether (sulfide) groups is 1. The van der Waals surface area contributed by atoms with Gasteiger partial charge in [-0.2, -0.15) is 0 Å². The van der Waals surface area contributed by atoms with E-state index in [4.69, 9.17) is 5.73 Å². The summed E-state index contributed by atoms with van der Waals surface area (Å²) in [6, 6.07) is 17.8. The van der Waals surface area contributed by atoms with E-state index < -0.39 is 5.25 Å². The van der Waals surface area contributed by atoms with Crippen LogP contribution in [0.2, 0.25) is 0 Å². The average Bonchev–Trinajstić information content (AvgIpc) is 3.29. The first-order chi connectivity index (χ1) is 14.0. The normalized spacial score (nSPS) is 13.6. The number of primary amides is 1. The highest BCUT2D eigenvalue weighted by Crippen LogP contribution is 2.43. The van der Waals surface area contributed by atoms with E-state index >= 15 is 0 Å². The summed E-state index contributed by atoms with van der Waals surface area (Å²) in [5.74, 6) is -0.299. The molecule has 0 fully saturated rings. The summed E-state index contributed by atoms with van der Waals surface area (Å²) in [5.41, 5.74) is 10.0. The fourth-order valence-electron chi connectivity index (χ4n) is 3.43. The zero-order valence-corrected chi connectivity index (χ0v) is 17.6. The molecule has 146 valence electrons. The second-order valence-corrected chi connectivity index (χ2v) is 9.32. The molecule has 4 rings (SSSR count). The first kappa shape index (κ1) is 19.6. The number of allylic oxidation sites excluding steroid dienone is 2. The fraction of sp³-hybridized carbons (Fsp3) is 0.174. The van der Waals surface area contributed by atoms with Crippen molar-refractivity contribution in [3.63, 3.8) is 0 Å². The number of hydrogen-bond acceptors (Lipinski definition) is 5. The molecule has 1 amide bonds. The molecule has 2 aromatic carbocycles. The molecule has 1 unspecified atom stereocenters. The molecule has 3 aromatic rings. The molecule has 1 aliphatic rings. The SMILES string of the molecule is Cc1nc(SC(C(=O)C2=CCc3ccccc32)c2ccccc2)sc1CC(N)=O. The molecule has 0 saturated carbocycles. The molecule has 0 aliphatic heterocycles. The third-order valence-corrected chi connectivity index (χ3v) is 7.37. The van der Waals surface area contributed by atoms with E-state index in [1.807, 2.05) is 61.5 Å². The maximum Gasteiger partial charge on any atom is 0.222 e. The molecule has 1 atom stereocenters. The van der Waals surface area contributed by atoms with Crippen LogP contribution in [0.5, 0.6) is 0 Å². The summed E-state index contributed by atoms with van der Waals surface area (Å²) < 4.78 is 0.771. The van der Waals surface area contributed by atoms with E-state index in [0.717, 1.165) is 38.0 Å². The van der Waals surface area contributed by atoms with Crippen LogP contribution in [0.1, 0.15) is 32.5 Å². The van der Waals surface area contributed by atoms with E-state index in [-0.39, 0.29) is 18.1 Å². The Bertz CT molecular complexity index is 1100. The van der Waals surface area contributed by atoms with Gasteiger partial charge in [0.2, 0.25) is 5.91 Å². The number of benzene rings is 2. The number of carbonyl (C=O) groups excluding carboxylic acids is 2. The van der Waals surface area contributed by atoms with Crippen molar-refractivity contribution >= 4 is 40.4 Å². The number of Topliss-reactive ketones (excluding diaryl/α,β-unsaturated/α-hetero) is 1. The Kier molecular flexibility index (Phi) is 5.65. The maximum absolute atomic E-state index is 13.6. The van der Waals surface area contributed by atoms with Gasteiger partial charge in [0, 0.05) is 10.5 Å². The van der Waals surface area contributed by atoms with Crippen LogP contribution < -0.4 is 5.73 Å². The van der Waals surface area contributed by atoms with Crippen molar-refractivity contribution in [3.05, 3.63) is 87.9 Å². The monoisotopic (exact) mass is 420 g/mol. The molecule has 0 spiro atoms. The number of nitrogens with zero attached hydrogens (tertiary/aromatic N) is 1. The molecule has 1 heterocycles. The lowest BCUT2D eigenvalue weighted by atomic mass is 9.98. The molecule has 1 aliphatic carbocycles. The lowest BCUT2D eigenvalue weighted by Gasteiger charge is -2.16. The Morgan fingerprint density at radius 3 is 2.62 bits per heavy atom. The summed E-state index contributed by atoms with van der Waals surface area (Å²) in [7, 11) is 0. The number of rotatable bonds is 7. The van der Waals surface area contributed by atoms with Crippen molar-refractivity contribution in [2.45, 2.75) is 29.4 Å². The minimum Gasteiger partial charge on any atom is -0.369 e. The first-order valence-corrected chi connectivity index (χ1v) is 11.0. The van der Waals surface area contributed by atoms with E-state index in [0.29, 0.717) is 0 Å². The van der Waals surface area contributed by atoms with Crippen LogP contribution in [0.4, 0.5) is 0 Å². The minimum absolute atomic E-state index is 0.0791. The average molecular weight is 421 g/mol. The van der Waals surface area contributed by atoms with Crippen LogP contribution in [0.15, 0.2) is 65.0 Å². The van der Waals surface area contributed by atoms with Crippen molar-refractivity contribution in [1.29, 1.82) is 0 Å². The topological polar surface area (TPSA) is 73.1 Å². The van der Waals surface area contributed by atoms with Crippen molar-refractivity contribution in [3.8, 4) is 0 Å². The van der Waals surface area contributed by atoms with E-state index in [2.05, 4.69) is 11.1 Å². The van der Waals surface area contributed by atoms with Gasteiger partial charge in [0.25, 0.3) is 0 Å². The number of aromatic nitrogens is 1. The zero-order chi connectivity index (χ0) is 20.4. The van der Waals surface area contributed by atoms with Crippen LogP contribution >= 0.6 is 23.1 Å². The van der Waals surface area contributed by atoms with Crippen molar-refractivity contribution in [1.82, 2.24) is 4.98 Å². The first-order valence-electron chi connectivity index (χ1n) is 9.32. The quantitative estimate of drug-likeness (QED) is 0.570. The highest BCUT2D eigenvalue weighted by Gasteiger charge is 2.30. The Hall–Kier alpha value is -2.70. The molecule has 0 saturated heterocycles. The maximum atomic E-state index is 13.6. The lowest BCUT2D eigenvalue weighted by Crippen LogP contribution is -2.13. The van der Waals surface area contributed by atoms with Gasteiger partial charge >= 0.3 is 0 Å². The number of carbonyl (C=O) groups is 2. The Labute approximate surface area is 177 Å². The molecule has 1 aromatic heterocycles.